The third-order valence-corrected chi connectivity index (χ3v) is 7.55. The number of hydrogen-bond donors (Lipinski definition) is 1. The van der Waals surface area contributed by atoms with Crippen molar-refractivity contribution in [1.29, 1.82) is 0 Å². The number of rotatable bonds is 8. The van der Waals surface area contributed by atoms with Crippen LogP contribution < -0.4 is 15.0 Å². The molecule has 1 aromatic heterocycles. The smallest absolute Gasteiger partial charge is 0.341 e. The third kappa shape index (κ3) is 5.47. The standard InChI is InChI=1S/C22H20Br3N3O5/c1-4-11(2)21-27-15-6-5-13(23)8-14(15)22(31)28(21)26-9-12-7-16(32-3)20(19(25)18(12)24)33-10-17(29)30/h5-9,11H,4,10H2,1-3H3,(H,29,30)/t11-/m0/s1. The van der Waals surface area contributed by atoms with E-state index in [1.54, 1.807) is 18.2 Å². The summed E-state index contributed by atoms with van der Waals surface area (Å²) in [6, 6.07) is 7.00. The topological polar surface area (TPSA) is 103 Å². The van der Waals surface area contributed by atoms with Gasteiger partial charge in [-0.2, -0.15) is 9.78 Å². The van der Waals surface area contributed by atoms with Gasteiger partial charge in [-0.1, -0.05) is 29.8 Å². The Bertz CT molecular complexity index is 1310. The van der Waals surface area contributed by atoms with E-state index in [0.717, 1.165) is 10.9 Å². The number of nitrogens with zero attached hydrogens (tertiary/aromatic N) is 3. The maximum Gasteiger partial charge on any atom is 0.341 e. The molecule has 2 aromatic carbocycles. The average molecular weight is 646 g/mol. The van der Waals surface area contributed by atoms with Crippen LogP contribution in [0.3, 0.4) is 0 Å². The average Bonchev–Trinajstić information content (AvgIpc) is 2.79. The lowest BCUT2D eigenvalue weighted by molar-refractivity contribution is -0.139. The van der Waals surface area contributed by atoms with Gasteiger partial charge in [0.25, 0.3) is 5.56 Å². The SMILES string of the molecule is CC[C@H](C)c1nc2ccc(Br)cc2c(=O)n1N=Cc1cc(OC)c(OCC(=O)O)c(Br)c1Br. The van der Waals surface area contributed by atoms with Crippen LogP contribution >= 0.6 is 47.8 Å². The van der Waals surface area contributed by atoms with Crippen molar-refractivity contribution in [2.24, 2.45) is 5.10 Å². The Kier molecular flexibility index (Phi) is 8.30. The van der Waals surface area contributed by atoms with Crippen molar-refractivity contribution in [2.75, 3.05) is 13.7 Å². The van der Waals surface area contributed by atoms with Crippen molar-refractivity contribution in [2.45, 2.75) is 26.2 Å². The highest BCUT2D eigenvalue weighted by Crippen LogP contribution is 2.42. The summed E-state index contributed by atoms with van der Waals surface area (Å²) in [6.07, 6.45) is 2.29. The molecule has 0 amide bonds. The van der Waals surface area contributed by atoms with Gasteiger partial charge in [0.05, 0.1) is 28.7 Å². The predicted octanol–water partition coefficient (Wildman–Crippen LogP) is 5.55. The monoisotopic (exact) mass is 643 g/mol. The summed E-state index contributed by atoms with van der Waals surface area (Å²) in [5.74, 6) is -0.0175. The van der Waals surface area contributed by atoms with Gasteiger partial charge in [-0.3, -0.25) is 4.79 Å². The number of benzene rings is 2. The van der Waals surface area contributed by atoms with E-state index in [-0.39, 0.29) is 17.2 Å². The Morgan fingerprint density at radius 3 is 2.64 bits per heavy atom. The largest absolute Gasteiger partial charge is 0.493 e. The highest BCUT2D eigenvalue weighted by Gasteiger charge is 2.19. The summed E-state index contributed by atoms with van der Waals surface area (Å²) in [7, 11) is 1.45. The van der Waals surface area contributed by atoms with E-state index >= 15 is 0 Å². The van der Waals surface area contributed by atoms with Gasteiger partial charge < -0.3 is 14.6 Å². The second-order valence-corrected chi connectivity index (χ2v) is 9.61. The Hall–Kier alpha value is -2.24. The zero-order valence-electron chi connectivity index (χ0n) is 17.9. The van der Waals surface area contributed by atoms with Gasteiger partial charge in [0.15, 0.2) is 18.1 Å². The van der Waals surface area contributed by atoms with Crippen LogP contribution in [0.15, 0.2) is 47.6 Å². The van der Waals surface area contributed by atoms with Crippen molar-refractivity contribution in [3.05, 3.63) is 59.4 Å². The van der Waals surface area contributed by atoms with Crippen LogP contribution in [0.25, 0.3) is 10.9 Å². The second kappa shape index (κ2) is 10.8. The number of halogens is 3. The van der Waals surface area contributed by atoms with Crippen molar-refractivity contribution in [3.63, 3.8) is 0 Å². The molecule has 1 N–H and O–H groups in total. The highest BCUT2D eigenvalue weighted by molar-refractivity contribution is 9.13. The predicted molar refractivity (Wildman–Crippen MR) is 137 cm³/mol. The van der Waals surface area contributed by atoms with Crippen LogP contribution in [0.1, 0.15) is 37.6 Å². The Morgan fingerprint density at radius 2 is 2.00 bits per heavy atom. The molecule has 0 saturated heterocycles. The van der Waals surface area contributed by atoms with E-state index in [9.17, 15) is 9.59 Å². The van der Waals surface area contributed by atoms with E-state index in [4.69, 9.17) is 19.6 Å². The molecule has 0 bridgehead atoms. The van der Waals surface area contributed by atoms with Crippen LogP contribution in [0.5, 0.6) is 11.5 Å². The number of carboxylic acids is 1. The molecule has 1 atom stereocenters. The van der Waals surface area contributed by atoms with E-state index in [2.05, 4.69) is 52.9 Å². The third-order valence-electron chi connectivity index (χ3n) is 4.91. The molecule has 0 radical (unpaired) electrons. The number of hydrogen-bond acceptors (Lipinski definition) is 6. The fraction of sp³-hybridized carbons (Fsp3) is 0.273. The van der Waals surface area contributed by atoms with Gasteiger partial charge in [-0.15, -0.1) is 0 Å². The Morgan fingerprint density at radius 1 is 1.27 bits per heavy atom. The van der Waals surface area contributed by atoms with Gasteiger partial charge >= 0.3 is 5.97 Å². The number of methoxy groups -OCH3 is 1. The molecule has 8 nitrogen and oxygen atoms in total. The minimum Gasteiger partial charge on any atom is -0.493 e. The minimum absolute atomic E-state index is 0.000551. The quantitative estimate of drug-likeness (QED) is 0.322. The number of carbonyl (C=O) groups is 1. The minimum atomic E-state index is -1.11. The van der Waals surface area contributed by atoms with Gasteiger partial charge in [0, 0.05) is 20.4 Å². The fourth-order valence-electron chi connectivity index (χ4n) is 3.02. The van der Waals surface area contributed by atoms with Gasteiger partial charge in [0.1, 0.15) is 5.82 Å². The Labute approximate surface area is 215 Å². The molecule has 0 fully saturated rings. The maximum atomic E-state index is 13.3. The van der Waals surface area contributed by atoms with E-state index in [0.29, 0.717) is 37.0 Å². The maximum absolute atomic E-state index is 13.3. The number of fused-ring (bicyclic) bond motifs is 1. The number of carboxylic acid groups (broad SMARTS) is 1. The van der Waals surface area contributed by atoms with Crippen LogP contribution in [0, 0.1) is 0 Å². The first-order valence-corrected chi connectivity index (χ1v) is 12.2. The lowest BCUT2D eigenvalue weighted by Crippen LogP contribution is -2.23. The first kappa shape index (κ1) is 25.4. The summed E-state index contributed by atoms with van der Waals surface area (Å²) in [4.78, 5) is 28.9. The lowest BCUT2D eigenvalue weighted by Gasteiger charge is -2.15. The number of ether oxygens (including phenoxy) is 2. The molecule has 11 heteroatoms. The molecular formula is C22H20Br3N3O5. The molecule has 0 saturated carbocycles. The number of aromatic nitrogens is 2. The van der Waals surface area contributed by atoms with Crippen molar-refractivity contribution in [1.82, 2.24) is 9.66 Å². The summed E-state index contributed by atoms with van der Waals surface area (Å²) < 4.78 is 13.8. The molecule has 0 unspecified atom stereocenters. The molecular weight excluding hydrogens is 626 g/mol. The molecule has 33 heavy (non-hydrogen) atoms. The molecule has 3 aromatic rings. The first-order valence-electron chi connectivity index (χ1n) is 9.85. The second-order valence-electron chi connectivity index (χ2n) is 7.11. The highest BCUT2D eigenvalue weighted by atomic mass is 79.9. The molecule has 0 aliphatic carbocycles. The zero-order chi connectivity index (χ0) is 24.3. The molecule has 0 aliphatic heterocycles. The lowest BCUT2D eigenvalue weighted by atomic mass is 10.1. The van der Waals surface area contributed by atoms with Crippen LogP contribution in [0.4, 0.5) is 0 Å². The fourth-order valence-corrected chi connectivity index (χ4v) is 4.31. The van der Waals surface area contributed by atoms with Gasteiger partial charge in [0.2, 0.25) is 0 Å². The summed E-state index contributed by atoms with van der Waals surface area (Å²) in [6.45, 7) is 3.48. The molecule has 1 heterocycles. The van der Waals surface area contributed by atoms with Crippen LogP contribution in [-0.4, -0.2) is 40.7 Å². The Balaban J connectivity index is 2.15. The molecule has 0 aliphatic rings. The summed E-state index contributed by atoms with van der Waals surface area (Å²) in [5.41, 5.74) is 0.907. The molecule has 0 spiro atoms. The van der Waals surface area contributed by atoms with Gasteiger partial charge in [-0.05, 0) is 62.5 Å². The first-order chi connectivity index (χ1) is 15.7. The van der Waals surface area contributed by atoms with Crippen molar-refractivity contribution < 1.29 is 19.4 Å². The van der Waals surface area contributed by atoms with Crippen LogP contribution in [-0.2, 0) is 4.79 Å². The van der Waals surface area contributed by atoms with Crippen LogP contribution in [0.2, 0.25) is 0 Å². The molecule has 3 rings (SSSR count). The zero-order valence-corrected chi connectivity index (χ0v) is 22.7. The number of aliphatic carboxylic acids is 1. The van der Waals surface area contributed by atoms with E-state index < -0.39 is 12.6 Å². The molecule has 174 valence electrons. The van der Waals surface area contributed by atoms with Crippen molar-refractivity contribution in [3.8, 4) is 11.5 Å². The van der Waals surface area contributed by atoms with Crippen molar-refractivity contribution >= 4 is 70.9 Å². The van der Waals surface area contributed by atoms with E-state index in [1.807, 2.05) is 19.9 Å². The summed E-state index contributed by atoms with van der Waals surface area (Å²) in [5, 5.41) is 13.8. The summed E-state index contributed by atoms with van der Waals surface area (Å²) >= 11 is 10.3. The van der Waals surface area contributed by atoms with E-state index in [1.165, 1.54) is 18.0 Å². The normalized spacial score (nSPS) is 12.3. The van der Waals surface area contributed by atoms with Gasteiger partial charge in [-0.25, -0.2) is 9.78 Å².